The molecule has 0 amide bonds. The first-order valence-corrected chi connectivity index (χ1v) is 9.71. The lowest BCUT2D eigenvalue weighted by Gasteiger charge is -2.13. The molecule has 0 heterocycles. The molecule has 124 valence electrons. The predicted molar refractivity (Wildman–Crippen MR) is 100 cm³/mol. The number of ether oxygens (including phenoxy) is 1. The van der Waals surface area contributed by atoms with Gasteiger partial charge in [0.1, 0.15) is 10.6 Å². The van der Waals surface area contributed by atoms with Crippen LogP contribution in [0.3, 0.4) is 0 Å². The van der Waals surface area contributed by atoms with Crippen LogP contribution < -0.4 is 9.46 Å². The van der Waals surface area contributed by atoms with Crippen molar-refractivity contribution in [3.8, 4) is 5.75 Å². The van der Waals surface area contributed by atoms with Crippen molar-refractivity contribution in [1.29, 1.82) is 0 Å². The Morgan fingerprint density at radius 1 is 1.00 bits per heavy atom. The average Bonchev–Trinajstić information content (AvgIpc) is 2.56. The van der Waals surface area contributed by atoms with E-state index in [2.05, 4.69) is 20.7 Å². The van der Waals surface area contributed by atoms with Crippen molar-refractivity contribution in [1.82, 2.24) is 0 Å². The van der Waals surface area contributed by atoms with E-state index in [9.17, 15) is 8.42 Å². The molecule has 0 aromatic heterocycles. The summed E-state index contributed by atoms with van der Waals surface area (Å²) in [6.07, 6.45) is 0. The van der Waals surface area contributed by atoms with Gasteiger partial charge in [0.25, 0.3) is 10.0 Å². The van der Waals surface area contributed by atoms with E-state index in [1.54, 1.807) is 18.2 Å². The molecule has 0 bridgehead atoms. The minimum Gasteiger partial charge on any atom is -0.492 e. The smallest absolute Gasteiger partial charge is 0.265 e. The van der Waals surface area contributed by atoms with Gasteiger partial charge in [0.15, 0.2) is 0 Å². The maximum absolute atomic E-state index is 12.8. The summed E-state index contributed by atoms with van der Waals surface area (Å²) in [4.78, 5) is 0.104. The van der Waals surface area contributed by atoms with Gasteiger partial charge in [-0.05, 0) is 48.0 Å². The summed E-state index contributed by atoms with van der Waals surface area (Å²) >= 11 is 3.31. The average molecular weight is 406 g/mol. The van der Waals surface area contributed by atoms with Gasteiger partial charge < -0.3 is 4.74 Å². The normalized spacial score (nSPS) is 11.4. The SMILES string of the molecule is CCOc1ccc(Br)cc1S(=O)(=O)Nc1ccc2ccccc2c1. The highest BCUT2D eigenvalue weighted by Crippen LogP contribution is 2.30. The Hall–Kier alpha value is -2.05. The number of hydrogen-bond acceptors (Lipinski definition) is 3. The van der Waals surface area contributed by atoms with Crippen molar-refractivity contribution in [2.75, 3.05) is 11.3 Å². The zero-order chi connectivity index (χ0) is 17.2. The van der Waals surface area contributed by atoms with Gasteiger partial charge in [-0.2, -0.15) is 0 Å². The molecule has 3 aromatic carbocycles. The van der Waals surface area contributed by atoms with Gasteiger partial charge in [-0.3, -0.25) is 4.72 Å². The van der Waals surface area contributed by atoms with Crippen molar-refractivity contribution in [2.45, 2.75) is 11.8 Å². The molecular weight excluding hydrogens is 390 g/mol. The first kappa shape index (κ1) is 16.8. The zero-order valence-electron chi connectivity index (χ0n) is 13.0. The molecule has 0 unspecified atom stereocenters. The fraction of sp³-hybridized carbons (Fsp3) is 0.111. The molecule has 0 aliphatic carbocycles. The molecule has 0 fully saturated rings. The van der Waals surface area contributed by atoms with Crippen LogP contribution in [0.25, 0.3) is 10.8 Å². The third-order valence-corrected chi connectivity index (χ3v) is 5.39. The number of sulfonamides is 1. The van der Waals surface area contributed by atoms with E-state index < -0.39 is 10.0 Å². The van der Waals surface area contributed by atoms with Crippen LogP contribution in [-0.2, 0) is 10.0 Å². The van der Waals surface area contributed by atoms with Crippen molar-refractivity contribution in [3.63, 3.8) is 0 Å². The van der Waals surface area contributed by atoms with Gasteiger partial charge in [0.2, 0.25) is 0 Å². The standard InChI is InChI=1S/C18H16BrNO3S/c1-2-23-17-10-8-15(19)12-18(17)24(21,22)20-16-9-7-13-5-3-4-6-14(13)11-16/h3-12,20H,2H2,1H3. The van der Waals surface area contributed by atoms with Crippen LogP contribution in [0.4, 0.5) is 5.69 Å². The maximum atomic E-state index is 12.8. The third-order valence-electron chi connectivity index (χ3n) is 3.50. The van der Waals surface area contributed by atoms with E-state index >= 15 is 0 Å². The monoisotopic (exact) mass is 405 g/mol. The summed E-state index contributed by atoms with van der Waals surface area (Å²) in [6.45, 7) is 2.20. The lowest BCUT2D eigenvalue weighted by atomic mass is 10.1. The second-order valence-corrected chi connectivity index (χ2v) is 7.76. The molecule has 0 aliphatic heterocycles. The minimum absolute atomic E-state index is 0.104. The molecule has 0 spiro atoms. The van der Waals surface area contributed by atoms with E-state index in [0.29, 0.717) is 22.5 Å². The Kier molecular flexibility index (Phi) is 4.78. The van der Waals surface area contributed by atoms with E-state index in [-0.39, 0.29) is 4.90 Å². The lowest BCUT2D eigenvalue weighted by molar-refractivity contribution is 0.331. The van der Waals surface area contributed by atoms with Crippen molar-refractivity contribution >= 4 is 42.4 Å². The molecule has 0 atom stereocenters. The van der Waals surface area contributed by atoms with E-state index in [0.717, 1.165) is 10.8 Å². The summed E-state index contributed by atoms with van der Waals surface area (Å²) in [5.74, 6) is 0.328. The van der Waals surface area contributed by atoms with Gasteiger partial charge in [-0.25, -0.2) is 8.42 Å². The fourth-order valence-electron chi connectivity index (χ4n) is 2.43. The number of benzene rings is 3. The molecule has 6 heteroatoms. The van der Waals surface area contributed by atoms with Gasteiger partial charge in [-0.15, -0.1) is 0 Å². The molecule has 3 aromatic rings. The second-order valence-electron chi connectivity index (χ2n) is 5.19. The fourth-order valence-corrected chi connectivity index (χ4v) is 4.16. The molecule has 24 heavy (non-hydrogen) atoms. The molecule has 0 saturated heterocycles. The van der Waals surface area contributed by atoms with Crippen LogP contribution in [0, 0.1) is 0 Å². The molecule has 0 saturated carbocycles. The van der Waals surface area contributed by atoms with E-state index in [4.69, 9.17) is 4.74 Å². The first-order valence-electron chi connectivity index (χ1n) is 7.43. The van der Waals surface area contributed by atoms with E-state index in [1.165, 1.54) is 6.07 Å². The van der Waals surface area contributed by atoms with Crippen molar-refractivity contribution in [2.24, 2.45) is 0 Å². The van der Waals surface area contributed by atoms with Crippen LogP contribution in [0.5, 0.6) is 5.75 Å². The Balaban J connectivity index is 1.99. The molecule has 0 radical (unpaired) electrons. The number of hydrogen-bond donors (Lipinski definition) is 1. The zero-order valence-corrected chi connectivity index (χ0v) is 15.4. The van der Waals surface area contributed by atoms with Gasteiger partial charge in [0.05, 0.1) is 6.61 Å². The first-order chi connectivity index (χ1) is 11.5. The molecule has 1 N–H and O–H groups in total. The Morgan fingerprint density at radius 3 is 2.50 bits per heavy atom. The molecular formula is C18H16BrNO3S. The predicted octanol–water partition coefficient (Wildman–Crippen LogP) is 4.80. The van der Waals surface area contributed by atoms with Crippen molar-refractivity contribution in [3.05, 3.63) is 65.1 Å². The van der Waals surface area contributed by atoms with Gasteiger partial charge in [-0.1, -0.05) is 46.3 Å². The topological polar surface area (TPSA) is 55.4 Å². The molecule has 3 rings (SSSR count). The number of halogens is 1. The summed E-state index contributed by atoms with van der Waals surface area (Å²) in [5, 5.41) is 2.02. The molecule has 4 nitrogen and oxygen atoms in total. The van der Waals surface area contributed by atoms with E-state index in [1.807, 2.05) is 43.3 Å². The van der Waals surface area contributed by atoms with Gasteiger partial charge in [0, 0.05) is 10.2 Å². The van der Waals surface area contributed by atoms with Crippen LogP contribution in [0.15, 0.2) is 70.0 Å². The lowest BCUT2D eigenvalue weighted by Crippen LogP contribution is -2.14. The highest BCUT2D eigenvalue weighted by molar-refractivity contribution is 9.10. The number of nitrogens with one attached hydrogen (secondary N) is 1. The third kappa shape index (κ3) is 3.55. The Bertz CT molecular complexity index is 986. The molecule has 0 aliphatic rings. The Labute approximate surface area is 149 Å². The second kappa shape index (κ2) is 6.83. The van der Waals surface area contributed by atoms with Crippen LogP contribution in [-0.4, -0.2) is 15.0 Å². The summed E-state index contributed by atoms with van der Waals surface area (Å²) < 4.78 is 34.3. The van der Waals surface area contributed by atoms with Crippen molar-refractivity contribution < 1.29 is 13.2 Å². The number of anilines is 1. The van der Waals surface area contributed by atoms with Crippen LogP contribution in [0.2, 0.25) is 0 Å². The highest BCUT2D eigenvalue weighted by atomic mass is 79.9. The summed E-state index contributed by atoms with van der Waals surface area (Å²) in [7, 11) is -3.76. The number of rotatable bonds is 5. The summed E-state index contributed by atoms with van der Waals surface area (Å²) in [5.41, 5.74) is 0.510. The van der Waals surface area contributed by atoms with Crippen LogP contribution >= 0.6 is 15.9 Å². The quantitative estimate of drug-likeness (QED) is 0.662. The Morgan fingerprint density at radius 2 is 1.75 bits per heavy atom. The highest BCUT2D eigenvalue weighted by Gasteiger charge is 2.20. The largest absolute Gasteiger partial charge is 0.492 e. The summed E-state index contributed by atoms with van der Waals surface area (Å²) in [6, 6.07) is 18.2. The van der Waals surface area contributed by atoms with Crippen LogP contribution in [0.1, 0.15) is 6.92 Å². The van der Waals surface area contributed by atoms with Gasteiger partial charge >= 0.3 is 0 Å². The maximum Gasteiger partial charge on any atom is 0.265 e. The minimum atomic E-state index is -3.76. The number of fused-ring (bicyclic) bond motifs is 1.